The van der Waals surface area contributed by atoms with E-state index in [0.29, 0.717) is 24.7 Å². The van der Waals surface area contributed by atoms with Crippen LogP contribution in [-0.4, -0.2) is 59.6 Å². The number of hydrogen-bond acceptors (Lipinski definition) is 7. The molecule has 1 aliphatic rings. The minimum absolute atomic E-state index is 0.129. The van der Waals surface area contributed by atoms with Gasteiger partial charge < -0.3 is 14.4 Å². The van der Waals surface area contributed by atoms with Gasteiger partial charge in [0.15, 0.2) is 9.84 Å². The van der Waals surface area contributed by atoms with E-state index in [0.717, 1.165) is 30.0 Å². The van der Waals surface area contributed by atoms with E-state index < -0.39 is 9.84 Å². The summed E-state index contributed by atoms with van der Waals surface area (Å²) in [5, 5.41) is 5.44. The maximum atomic E-state index is 12.1. The third-order valence-corrected chi connectivity index (χ3v) is 6.46. The van der Waals surface area contributed by atoms with Gasteiger partial charge in [0.2, 0.25) is 5.88 Å². The lowest BCUT2D eigenvalue weighted by atomic mass is 10.1. The van der Waals surface area contributed by atoms with E-state index in [-0.39, 0.29) is 23.1 Å². The Morgan fingerprint density at radius 1 is 1.12 bits per heavy atom. The predicted octanol–water partition coefficient (Wildman–Crippen LogP) is 3.81. The van der Waals surface area contributed by atoms with E-state index in [4.69, 9.17) is 9.47 Å². The number of ether oxygens (including phenoxy) is 2. The van der Waals surface area contributed by atoms with Crippen molar-refractivity contribution in [1.29, 1.82) is 0 Å². The Morgan fingerprint density at radius 2 is 1.81 bits per heavy atom. The second-order valence-corrected chi connectivity index (χ2v) is 10.2. The molecule has 3 aromatic rings. The molecule has 3 heterocycles. The zero-order chi connectivity index (χ0) is 22.9. The predicted molar refractivity (Wildman–Crippen MR) is 119 cm³/mol. The maximum absolute atomic E-state index is 12.1. The summed E-state index contributed by atoms with van der Waals surface area (Å²) in [6.07, 6.45) is 5.84. The number of carbonyl (C=O) groups excluding carboxylic acids is 1. The van der Waals surface area contributed by atoms with Gasteiger partial charge >= 0.3 is 6.09 Å². The molecule has 1 fully saturated rings. The molecule has 0 unspecified atom stereocenters. The highest BCUT2D eigenvalue weighted by Crippen LogP contribution is 2.29. The Bertz CT molecular complexity index is 1210. The maximum Gasteiger partial charge on any atom is 0.410 e. The highest BCUT2D eigenvalue weighted by atomic mass is 32.2. The van der Waals surface area contributed by atoms with Crippen molar-refractivity contribution < 1.29 is 22.7 Å². The Morgan fingerprint density at radius 3 is 2.44 bits per heavy atom. The van der Waals surface area contributed by atoms with Gasteiger partial charge in [0.1, 0.15) is 5.75 Å². The number of nitrogens with zero attached hydrogens (tertiary/aromatic N) is 4. The van der Waals surface area contributed by atoms with Crippen LogP contribution >= 0.6 is 0 Å². The molecule has 0 radical (unpaired) electrons. The van der Waals surface area contributed by atoms with Gasteiger partial charge in [-0.05, 0) is 51.0 Å². The van der Waals surface area contributed by atoms with Crippen LogP contribution in [0.3, 0.4) is 0 Å². The molecule has 1 saturated heterocycles. The van der Waals surface area contributed by atoms with Gasteiger partial charge in [-0.3, -0.25) is 4.68 Å². The van der Waals surface area contributed by atoms with E-state index >= 15 is 0 Å². The van der Waals surface area contributed by atoms with Crippen LogP contribution in [0.2, 0.25) is 0 Å². The van der Waals surface area contributed by atoms with E-state index in [9.17, 15) is 13.2 Å². The molecule has 0 spiro atoms. The van der Waals surface area contributed by atoms with Crippen molar-refractivity contribution in [3.63, 3.8) is 0 Å². The van der Waals surface area contributed by atoms with Gasteiger partial charge in [-0.15, -0.1) is 0 Å². The second-order valence-electron chi connectivity index (χ2n) is 8.17. The lowest BCUT2D eigenvalue weighted by molar-refractivity contribution is 0.0656. The van der Waals surface area contributed by atoms with Gasteiger partial charge in [0.05, 0.1) is 35.0 Å². The summed E-state index contributed by atoms with van der Waals surface area (Å²) in [4.78, 5) is 18.5. The van der Waals surface area contributed by atoms with Crippen LogP contribution in [0.1, 0.15) is 32.7 Å². The zero-order valence-corrected chi connectivity index (χ0v) is 19.1. The lowest BCUT2D eigenvalue weighted by Gasteiger charge is -2.32. The highest BCUT2D eigenvalue weighted by Gasteiger charge is 2.26. The minimum Gasteiger partial charge on any atom is -0.447 e. The number of benzene rings is 1. The average molecular weight is 459 g/mol. The molecule has 0 N–H and O–H groups in total. The summed E-state index contributed by atoms with van der Waals surface area (Å²) in [6.45, 7) is 4.93. The van der Waals surface area contributed by atoms with Crippen LogP contribution in [0.15, 0.2) is 47.6 Å². The lowest BCUT2D eigenvalue weighted by Crippen LogP contribution is -2.40. The van der Waals surface area contributed by atoms with Crippen LogP contribution in [0.25, 0.3) is 10.9 Å². The van der Waals surface area contributed by atoms with E-state index in [1.54, 1.807) is 35.5 Å². The molecule has 2 aromatic heterocycles. The third kappa shape index (κ3) is 4.85. The number of pyridine rings is 1. The van der Waals surface area contributed by atoms with E-state index in [1.807, 2.05) is 18.5 Å². The topological polar surface area (TPSA) is 104 Å². The van der Waals surface area contributed by atoms with Gasteiger partial charge in [0.25, 0.3) is 0 Å². The first-order valence-electron chi connectivity index (χ1n) is 10.5. The number of likely N-dealkylation sites (tertiary alicyclic amines) is 1. The second kappa shape index (κ2) is 8.78. The number of aromatic nitrogens is 3. The molecule has 0 atom stereocenters. The first kappa shape index (κ1) is 22.1. The first-order chi connectivity index (χ1) is 15.2. The molecule has 1 amide bonds. The Hall–Kier alpha value is -3.14. The molecule has 32 heavy (non-hydrogen) atoms. The fourth-order valence-corrected chi connectivity index (χ4v) is 4.35. The van der Waals surface area contributed by atoms with Crippen LogP contribution in [-0.2, 0) is 14.6 Å². The molecule has 0 bridgehead atoms. The third-order valence-electron chi connectivity index (χ3n) is 5.34. The minimum atomic E-state index is -3.25. The SMILES string of the molecule is CC(C)OC(=O)N1CCC(n2ncc3cc(Oc4ccc(S(C)(=O)=O)cc4)ncc32)CC1. The highest BCUT2D eigenvalue weighted by molar-refractivity contribution is 7.90. The average Bonchev–Trinajstić information content (AvgIpc) is 3.16. The van der Waals surface area contributed by atoms with Crippen molar-refractivity contribution in [3.8, 4) is 11.6 Å². The van der Waals surface area contributed by atoms with Crippen LogP contribution in [0.5, 0.6) is 11.6 Å². The molecular weight excluding hydrogens is 432 g/mol. The Kier molecular flexibility index (Phi) is 6.05. The number of carbonyl (C=O) groups is 1. The fourth-order valence-electron chi connectivity index (χ4n) is 3.72. The normalized spacial score (nSPS) is 15.3. The van der Waals surface area contributed by atoms with Crippen molar-refractivity contribution >= 4 is 26.8 Å². The van der Waals surface area contributed by atoms with Gasteiger partial charge in [-0.1, -0.05) is 0 Å². The van der Waals surface area contributed by atoms with Gasteiger partial charge in [-0.25, -0.2) is 18.2 Å². The quantitative estimate of drug-likeness (QED) is 0.573. The molecule has 170 valence electrons. The Balaban J connectivity index is 1.44. The van der Waals surface area contributed by atoms with Crippen LogP contribution in [0, 0.1) is 0 Å². The molecule has 10 heteroatoms. The largest absolute Gasteiger partial charge is 0.447 e. The molecule has 4 rings (SSSR count). The number of amides is 1. The van der Waals surface area contributed by atoms with Crippen molar-refractivity contribution in [2.45, 2.75) is 43.7 Å². The molecule has 0 saturated carbocycles. The van der Waals surface area contributed by atoms with Crippen LogP contribution in [0.4, 0.5) is 4.79 Å². The standard InChI is InChI=1S/C22H26N4O5S/c1-15(2)30-22(27)25-10-8-17(9-11-25)26-20-14-23-21(12-16(20)13-24-26)31-18-4-6-19(7-5-18)32(3,28)29/h4-7,12-15,17H,8-11H2,1-3H3. The summed E-state index contributed by atoms with van der Waals surface area (Å²) in [6, 6.07) is 8.19. The van der Waals surface area contributed by atoms with E-state index in [2.05, 4.69) is 10.1 Å². The molecule has 0 aliphatic carbocycles. The number of sulfone groups is 1. The summed E-state index contributed by atoms with van der Waals surface area (Å²) in [7, 11) is -3.25. The number of rotatable bonds is 5. The smallest absolute Gasteiger partial charge is 0.410 e. The van der Waals surface area contributed by atoms with Crippen molar-refractivity contribution in [2.75, 3.05) is 19.3 Å². The zero-order valence-electron chi connectivity index (χ0n) is 18.3. The van der Waals surface area contributed by atoms with Gasteiger partial charge in [0, 0.05) is 30.8 Å². The molecule has 1 aliphatic heterocycles. The summed E-state index contributed by atoms with van der Waals surface area (Å²) in [5.74, 6) is 0.896. The molecule has 9 nitrogen and oxygen atoms in total. The summed E-state index contributed by atoms with van der Waals surface area (Å²) in [5.41, 5.74) is 0.896. The fraction of sp³-hybridized carbons (Fsp3) is 0.409. The Labute approximate surface area is 186 Å². The monoisotopic (exact) mass is 458 g/mol. The van der Waals surface area contributed by atoms with Gasteiger partial charge in [-0.2, -0.15) is 5.10 Å². The number of hydrogen-bond donors (Lipinski definition) is 0. The van der Waals surface area contributed by atoms with Crippen LogP contribution < -0.4 is 4.74 Å². The summed E-state index contributed by atoms with van der Waals surface area (Å²) < 4.78 is 36.2. The number of piperidine rings is 1. The number of fused-ring (bicyclic) bond motifs is 1. The molecule has 1 aromatic carbocycles. The van der Waals surface area contributed by atoms with E-state index in [1.165, 1.54) is 12.1 Å². The first-order valence-corrected chi connectivity index (χ1v) is 12.4. The van der Waals surface area contributed by atoms with Crippen molar-refractivity contribution in [1.82, 2.24) is 19.7 Å². The van der Waals surface area contributed by atoms with Crippen molar-refractivity contribution in [2.24, 2.45) is 0 Å². The van der Waals surface area contributed by atoms with Crippen molar-refractivity contribution in [3.05, 3.63) is 42.7 Å². The molecular formula is C22H26N4O5S. The summed E-state index contributed by atoms with van der Waals surface area (Å²) >= 11 is 0.